The molecule has 0 unspecified atom stereocenters. The molecule has 0 saturated carbocycles. The summed E-state index contributed by atoms with van der Waals surface area (Å²) >= 11 is 0. The zero-order valence-corrected chi connectivity index (χ0v) is 35.6. The fourth-order valence-electron chi connectivity index (χ4n) is 9.48. The molecule has 0 bridgehead atoms. The number of hydrogen-bond acceptors (Lipinski definition) is 3. The topological polar surface area (TPSA) is 19.6 Å². The quantitative estimate of drug-likeness (QED) is 0.135. The van der Waals surface area contributed by atoms with Crippen LogP contribution in [0.1, 0.15) is 0 Å². The highest BCUT2D eigenvalue weighted by atomic mass is 16.3. The van der Waals surface area contributed by atoms with Gasteiger partial charge in [-0.05, 0) is 128 Å². The fourth-order valence-corrected chi connectivity index (χ4v) is 9.48. The first-order valence-corrected chi connectivity index (χ1v) is 22.2. The maximum atomic E-state index is 6.59. The van der Waals surface area contributed by atoms with Crippen molar-refractivity contribution in [3.63, 3.8) is 0 Å². The fraction of sp³-hybridized carbons (Fsp3) is 0. The maximum Gasteiger partial charge on any atom is 0.143 e. The standard InChI is InChI=1S/C62H42N2O/c1-4-14-43(15-5-1)45-24-32-50(33-25-45)63(51-34-26-46(27-35-51)44-16-6-2-7-17-44)52-36-28-47(29-37-52)48-30-38-53(39-31-48)64(49-18-8-3-9-19-49)54-40-41-56-55-20-10-11-21-57(55)62-61(59(56)42-54)58-22-12-13-23-60(58)65-62/h1-42H. The lowest BCUT2D eigenvalue weighted by molar-refractivity contribution is 0.673. The van der Waals surface area contributed by atoms with Crippen LogP contribution >= 0.6 is 0 Å². The van der Waals surface area contributed by atoms with Gasteiger partial charge in [-0.3, -0.25) is 0 Å². The van der Waals surface area contributed by atoms with Crippen molar-refractivity contribution in [2.24, 2.45) is 0 Å². The Bertz CT molecular complexity index is 3520. The number of anilines is 6. The van der Waals surface area contributed by atoms with Gasteiger partial charge < -0.3 is 14.2 Å². The molecule has 65 heavy (non-hydrogen) atoms. The molecule has 0 radical (unpaired) electrons. The van der Waals surface area contributed by atoms with Crippen molar-refractivity contribution in [3.05, 3.63) is 255 Å². The van der Waals surface area contributed by atoms with E-state index in [2.05, 4.69) is 259 Å². The van der Waals surface area contributed by atoms with E-state index in [1.165, 1.54) is 38.4 Å². The van der Waals surface area contributed by atoms with E-state index >= 15 is 0 Å². The molecule has 12 rings (SSSR count). The molecule has 0 amide bonds. The minimum Gasteiger partial charge on any atom is -0.455 e. The summed E-state index contributed by atoms with van der Waals surface area (Å²) in [6, 6.07) is 91.1. The van der Waals surface area contributed by atoms with E-state index in [4.69, 9.17) is 4.42 Å². The molecule has 0 saturated heterocycles. The lowest BCUT2D eigenvalue weighted by Crippen LogP contribution is -2.10. The van der Waals surface area contributed by atoms with E-state index in [1.54, 1.807) is 0 Å². The minimum atomic E-state index is 0.900. The number of nitrogens with zero attached hydrogens (tertiary/aromatic N) is 2. The third-order valence-corrected chi connectivity index (χ3v) is 12.7. The summed E-state index contributed by atoms with van der Waals surface area (Å²) in [5.74, 6) is 0. The summed E-state index contributed by atoms with van der Waals surface area (Å²) < 4.78 is 6.59. The van der Waals surface area contributed by atoms with Crippen molar-refractivity contribution in [2.75, 3.05) is 9.80 Å². The normalized spacial score (nSPS) is 11.4. The van der Waals surface area contributed by atoms with Crippen molar-refractivity contribution < 1.29 is 4.42 Å². The van der Waals surface area contributed by atoms with E-state index in [0.29, 0.717) is 0 Å². The Morgan fingerprint density at radius 1 is 0.231 bits per heavy atom. The lowest BCUT2D eigenvalue weighted by atomic mass is 9.96. The van der Waals surface area contributed by atoms with Crippen molar-refractivity contribution in [3.8, 4) is 33.4 Å². The van der Waals surface area contributed by atoms with Gasteiger partial charge >= 0.3 is 0 Å². The van der Waals surface area contributed by atoms with Crippen LogP contribution in [0.4, 0.5) is 34.1 Å². The summed E-state index contributed by atoms with van der Waals surface area (Å²) in [5, 5.41) is 6.98. The van der Waals surface area contributed by atoms with Gasteiger partial charge in [-0.15, -0.1) is 0 Å². The maximum absolute atomic E-state index is 6.59. The molecule has 0 atom stereocenters. The first-order valence-electron chi connectivity index (χ1n) is 22.2. The summed E-state index contributed by atoms with van der Waals surface area (Å²) in [6.45, 7) is 0. The molecule has 306 valence electrons. The number of rotatable bonds is 9. The SMILES string of the molecule is c1ccc(-c2ccc(N(c3ccc(-c4ccccc4)cc3)c3ccc(-c4ccc(N(c5ccccc5)c5ccc6c7ccccc7c7oc8ccccc8c7c6c5)cc4)cc3)cc2)cc1. The predicted octanol–water partition coefficient (Wildman–Crippen LogP) is 17.8. The molecule has 3 nitrogen and oxygen atoms in total. The second-order valence-corrected chi connectivity index (χ2v) is 16.5. The molecule has 0 aliphatic carbocycles. The molecule has 0 spiro atoms. The molecule has 12 aromatic rings. The zero-order chi connectivity index (χ0) is 43.1. The van der Waals surface area contributed by atoms with Gasteiger partial charge in [0, 0.05) is 50.3 Å². The van der Waals surface area contributed by atoms with Crippen LogP contribution in [0.25, 0.3) is 76.9 Å². The highest BCUT2D eigenvalue weighted by Gasteiger charge is 2.20. The summed E-state index contributed by atoms with van der Waals surface area (Å²) in [6.07, 6.45) is 0. The van der Waals surface area contributed by atoms with Crippen LogP contribution < -0.4 is 9.80 Å². The Hall–Kier alpha value is -8.66. The molecule has 0 aliphatic heterocycles. The van der Waals surface area contributed by atoms with Crippen LogP contribution in [0, 0.1) is 0 Å². The van der Waals surface area contributed by atoms with Gasteiger partial charge in [-0.2, -0.15) is 0 Å². The Morgan fingerprint density at radius 3 is 1.06 bits per heavy atom. The van der Waals surface area contributed by atoms with Crippen LogP contribution in [0.5, 0.6) is 0 Å². The molecule has 0 fully saturated rings. The average Bonchev–Trinajstić information content (AvgIpc) is 3.79. The van der Waals surface area contributed by atoms with Gasteiger partial charge in [0.25, 0.3) is 0 Å². The summed E-state index contributed by atoms with van der Waals surface area (Å²) in [4.78, 5) is 4.68. The lowest BCUT2D eigenvalue weighted by Gasteiger charge is -2.27. The molecular weight excluding hydrogens is 789 g/mol. The average molecular weight is 831 g/mol. The smallest absolute Gasteiger partial charge is 0.143 e. The Balaban J connectivity index is 0.902. The van der Waals surface area contributed by atoms with E-state index < -0.39 is 0 Å². The Kier molecular flexibility index (Phi) is 9.50. The van der Waals surface area contributed by atoms with Crippen LogP contribution in [0.3, 0.4) is 0 Å². The van der Waals surface area contributed by atoms with Crippen LogP contribution in [-0.4, -0.2) is 0 Å². The van der Waals surface area contributed by atoms with Gasteiger partial charge in [0.05, 0.1) is 0 Å². The number of fused-ring (bicyclic) bond motifs is 8. The first kappa shape index (κ1) is 38.0. The summed E-state index contributed by atoms with van der Waals surface area (Å²) in [5.41, 5.74) is 15.4. The number of hydrogen-bond donors (Lipinski definition) is 0. The van der Waals surface area contributed by atoms with Crippen LogP contribution in [0.15, 0.2) is 259 Å². The van der Waals surface area contributed by atoms with Gasteiger partial charge in [-0.1, -0.05) is 176 Å². The molecule has 0 aliphatic rings. The highest BCUT2D eigenvalue weighted by Crippen LogP contribution is 2.45. The third-order valence-electron chi connectivity index (χ3n) is 12.7. The van der Waals surface area contributed by atoms with Gasteiger partial charge in [0.1, 0.15) is 11.2 Å². The van der Waals surface area contributed by atoms with Crippen molar-refractivity contribution in [1.82, 2.24) is 0 Å². The van der Waals surface area contributed by atoms with E-state index in [9.17, 15) is 0 Å². The van der Waals surface area contributed by atoms with E-state index in [1.807, 2.05) is 6.07 Å². The van der Waals surface area contributed by atoms with Gasteiger partial charge in [-0.25, -0.2) is 0 Å². The first-order chi connectivity index (χ1) is 32.2. The second-order valence-electron chi connectivity index (χ2n) is 16.5. The molecular formula is C62H42N2O. The molecule has 11 aromatic carbocycles. The van der Waals surface area contributed by atoms with Crippen molar-refractivity contribution >= 4 is 77.6 Å². The largest absolute Gasteiger partial charge is 0.455 e. The Labute approximate surface area is 378 Å². The number of para-hydroxylation sites is 2. The molecule has 1 aromatic heterocycles. The molecule has 1 heterocycles. The molecule has 3 heteroatoms. The van der Waals surface area contributed by atoms with Crippen LogP contribution in [0.2, 0.25) is 0 Å². The number of benzene rings is 11. The minimum absolute atomic E-state index is 0.900. The van der Waals surface area contributed by atoms with Crippen molar-refractivity contribution in [1.29, 1.82) is 0 Å². The Morgan fingerprint density at radius 2 is 0.569 bits per heavy atom. The predicted molar refractivity (Wildman–Crippen MR) is 274 cm³/mol. The third kappa shape index (κ3) is 6.97. The van der Waals surface area contributed by atoms with E-state index in [0.717, 1.165) is 72.6 Å². The monoisotopic (exact) mass is 830 g/mol. The second kappa shape index (κ2) is 16.2. The van der Waals surface area contributed by atoms with Gasteiger partial charge in [0.2, 0.25) is 0 Å². The zero-order valence-electron chi connectivity index (χ0n) is 35.6. The van der Waals surface area contributed by atoms with Crippen molar-refractivity contribution in [2.45, 2.75) is 0 Å². The number of furan rings is 1. The van der Waals surface area contributed by atoms with E-state index in [-0.39, 0.29) is 0 Å². The summed E-state index contributed by atoms with van der Waals surface area (Å²) in [7, 11) is 0. The van der Waals surface area contributed by atoms with Gasteiger partial charge in [0.15, 0.2) is 0 Å². The highest BCUT2D eigenvalue weighted by molar-refractivity contribution is 6.30. The van der Waals surface area contributed by atoms with Crippen LogP contribution in [-0.2, 0) is 0 Å². The molecule has 0 N–H and O–H groups in total.